The predicted molar refractivity (Wildman–Crippen MR) is 112 cm³/mol. The maximum absolute atomic E-state index is 12.3. The second-order valence-corrected chi connectivity index (χ2v) is 8.59. The van der Waals surface area contributed by atoms with Crippen LogP contribution in [0.15, 0.2) is 64.5 Å². The molecule has 0 aliphatic rings. The molecule has 1 heterocycles. The van der Waals surface area contributed by atoms with Crippen LogP contribution in [0.4, 0.5) is 0 Å². The van der Waals surface area contributed by atoms with E-state index < -0.39 is 10.0 Å². The van der Waals surface area contributed by atoms with Gasteiger partial charge in [-0.3, -0.25) is 9.36 Å². The number of halogens is 2. The maximum Gasteiger partial charge on any atom is 0.253 e. The zero-order chi connectivity index (χ0) is 21.0. The first-order chi connectivity index (χ1) is 13.8. The molecule has 1 aromatic heterocycles. The first-order valence-electron chi connectivity index (χ1n) is 8.46. The number of ether oxygens (including phenoxy) is 1. The minimum Gasteiger partial charge on any atom is -0.497 e. The zero-order valence-electron chi connectivity index (χ0n) is 15.3. The molecule has 0 fully saturated rings. The van der Waals surface area contributed by atoms with Gasteiger partial charge in [-0.1, -0.05) is 23.2 Å². The van der Waals surface area contributed by atoms with Gasteiger partial charge in [0, 0.05) is 24.7 Å². The molecule has 0 unspecified atom stereocenters. The van der Waals surface area contributed by atoms with E-state index in [0.717, 1.165) is 5.56 Å². The Balaban J connectivity index is 1.67. The van der Waals surface area contributed by atoms with Crippen LogP contribution in [0.1, 0.15) is 0 Å². The largest absolute Gasteiger partial charge is 0.497 e. The van der Waals surface area contributed by atoms with Crippen molar-refractivity contribution in [3.63, 3.8) is 0 Å². The van der Waals surface area contributed by atoms with Crippen LogP contribution in [0.25, 0.3) is 11.3 Å². The highest BCUT2D eigenvalue weighted by Gasteiger charge is 2.15. The molecule has 3 aromatic rings. The Labute approximate surface area is 177 Å². The lowest BCUT2D eigenvalue weighted by molar-refractivity contribution is 0.415. The van der Waals surface area contributed by atoms with Crippen LogP contribution in [0.5, 0.6) is 5.75 Å². The van der Waals surface area contributed by atoms with Crippen molar-refractivity contribution in [2.45, 2.75) is 11.4 Å². The number of benzene rings is 2. The molecule has 0 saturated carbocycles. The Morgan fingerprint density at radius 3 is 2.41 bits per heavy atom. The van der Waals surface area contributed by atoms with Crippen molar-refractivity contribution in [1.82, 2.24) is 14.3 Å². The summed E-state index contributed by atoms with van der Waals surface area (Å²) in [4.78, 5) is 16.6. The van der Waals surface area contributed by atoms with Crippen molar-refractivity contribution >= 4 is 33.2 Å². The minimum atomic E-state index is -3.78. The Hall–Kier alpha value is -2.39. The number of methoxy groups -OCH3 is 1. The molecule has 2 aromatic carbocycles. The van der Waals surface area contributed by atoms with Crippen LogP contribution in [-0.2, 0) is 16.6 Å². The lowest BCUT2D eigenvalue weighted by Crippen LogP contribution is -2.30. The highest BCUT2D eigenvalue weighted by atomic mass is 35.5. The predicted octanol–water partition coefficient (Wildman–Crippen LogP) is 3.20. The first-order valence-corrected chi connectivity index (χ1v) is 10.7. The highest BCUT2D eigenvalue weighted by molar-refractivity contribution is 7.89. The van der Waals surface area contributed by atoms with Gasteiger partial charge in [-0.05, 0) is 42.5 Å². The standard InChI is InChI=1S/C19H17Cl2N3O4S/c1-28-14-4-2-13(3-5-14)18-11-19(25)24(12-22-18)9-8-23-29(26,27)15-6-7-16(20)17(21)10-15/h2-7,10-12,23H,8-9H2,1H3. The van der Waals surface area contributed by atoms with Crippen LogP contribution in [0, 0.1) is 0 Å². The van der Waals surface area contributed by atoms with Crippen molar-refractivity contribution in [3.05, 3.63) is 75.3 Å². The third kappa shape index (κ3) is 5.16. The van der Waals surface area contributed by atoms with Gasteiger partial charge in [0.05, 0.1) is 34.1 Å². The zero-order valence-corrected chi connectivity index (χ0v) is 17.6. The maximum atomic E-state index is 12.3. The molecule has 0 spiro atoms. The third-order valence-corrected chi connectivity index (χ3v) is 6.31. The van der Waals surface area contributed by atoms with Gasteiger partial charge in [0.1, 0.15) is 5.75 Å². The SMILES string of the molecule is COc1ccc(-c2cc(=O)n(CCNS(=O)(=O)c3ccc(Cl)c(Cl)c3)cn2)cc1. The summed E-state index contributed by atoms with van der Waals surface area (Å²) in [5, 5.41) is 0.407. The smallest absolute Gasteiger partial charge is 0.253 e. The van der Waals surface area contributed by atoms with E-state index in [-0.39, 0.29) is 33.6 Å². The quantitative estimate of drug-likeness (QED) is 0.592. The molecule has 1 N–H and O–H groups in total. The number of hydrogen-bond donors (Lipinski definition) is 1. The molecule has 0 saturated heterocycles. The number of aromatic nitrogens is 2. The molecule has 7 nitrogen and oxygen atoms in total. The van der Waals surface area contributed by atoms with E-state index in [0.29, 0.717) is 11.4 Å². The fourth-order valence-corrected chi connectivity index (χ4v) is 3.95. The minimum absolute atomic E-state index is 0.00600. The second-order valence-electron chi connectivity index (χ2n) is 6.01. The highest BCUT2D eigenvalue weighted by Crippen LogP contribution is 2.24. The summed E-state index contributed by atoms with van der Waals surface area (Å²) in [6, 6.07) is 12.6. The van der Waals surface area contributed by atoms with Gasteiger partial charge < -0.3 is 4.74 Å². The summed E-state index contributed by atoms with van der Waals surface area (Å²) in [6.07, 6.45) is 1.38. The topological polar surface area (TPSA) is 90.3 Å². The number of nitrogens with zero attached hydrogens (tertiary/aromatic N) is 2. The second kappa shape index (κ2) is 8.96. The first kappa shape index (κ1) is 21.3. The molecule has 0 amide bonds. The molecule has 10 heteroatoms. The molecule has 0 aliphatic carbocycles. The lowest BCUT2D eigenvalue weighted by Gasteiger charge is -2.10. The van der Waals surface area contributed by atoms with Crippen LogP contribution in [0.2, 0.25) is 10.0 Å². The number of hydrogen-bond acceptors (Lipinski definition) is 5. The van der Waals surface area contributed by atoms with Crippen LogP contribution in [0.3, 0.4) is 0 Å². The Bertz CT molecular complexity index is 1180. The average Bonchev–Trinajstić information content (AvgIpc) is 2.71. The van der Waals surface area contributed by atoms with E-state index in [2.05, 4.69) is 9.71 Å². The number of nitrogens with one attached hydrogen (secondary N) is 1. The molecule has 0 radical (unpaired) electrons. The monoisotopic (exact) mass is 453 g/mol. The van der Waals surface area contributed by atoms with E-state index in [1.165, 1.54) is 35.2 Å². The van der Waals surface area contributed by atoms with E-state index in [9.17, 15) is 13.2 Å². The normalized spacial score (nSPS) is 11.4. The van der Waals surface area contributed by atoms with Gasteiger partial charge in [0.15, 0.2) is 0 Å². The van der Waals surface area contributed by atoms with Crippen molar-refractivity contribution in [2.24, 2.45) is 0 Å². The molecular formula is C19H17Cl2N3O4S. The van der Waals surface area contributed by atoms with Gasteiger partial charge in [0.2, 0.25) is 10.0 Å². The van der Waals surface area contributed by atoms with Crippen molar-refractivity contribution in [2.75, 3.05) is 13.7 Å². The Morgan fingerprint density at radius 2 is 1.79 bits per heavy atom. The molecule has 0 atom stereocenters. The number of rotatable bonds is 7. The Kier molecular flexibility index (Phi) is 6.59. The van der Waals surface area contributed by atoms with Crippen molar-refractivity contribution < 1.29 is 13.2 Å². The van der Waals surface area contributed by atoms with E-state index in [4.69, 9.17) is 27.9 Å². The molecule has 0 aliphatic heterocycles. The summed E-state index contributed by atoms with van der Waals surface area (Å²) in [5.41, 5.74) is 1.00. The number of sulfonamides is 1. The van der Waals surface area contributed by atoms with Gasteiger partial charge in [-0.15, -0.1) is 0 Å². The molecule has 152 valence electrons. The van der Waals surface area contributed by atoms with E-state index >= 15 is 0 Å². The van der Waals surface area contributed by atoms with Gasteiger partial charge in [0.25, 0.3) is 5.56 Å². The third-order valence-electron chi connectivity index (χ3n) is 4.11. The molecule has 3 rings (SSSR count). The summed E-state index contributed by atoms with van der Waals surface area (Å²) in [6.45, 7) is 0.126. The molecule has 29 heavy (non-hydrogen) atoms. The van der Waals surface area contributed by atoms with Crippen LogP contribution < -0.4 is 15.0 Å². The van der Waals surface area contributed by atoms with Crippen molar-refractivity contribution in [3.8, 4) is 17.0 Å². The van der Waals surface area contributed by atoms with Gasteiger partial charge in [-0.2, -0.15) is 0 Å². The summed E-state index contributed by atoms with van der Waals surface area (Å²) in [5.74, 6) is 0.705. The fourth-order valence-electron chi connectivity index (χ4n) is 2.54. The average molecular weight is 454 g/mol. The van der Waals surface area contributed by atoms with Gasteiger partial charge >= 0.3 is 0 Å². The summed E-state index contributed by atoms with van der Waals surface area (Å²) < 4.78 is 33.5. The van der Waals surface area contributed by atoms with E-state index in [1.807, 2.05) is 0 Å². The van der Waals surface area contributed by atoms with Gasteiger partial charge in [-0.25, -0.2) is 18.1 Å². The fraction of sp³-hybridized carbons (Fsp3) is 0.158. The summed E-state index contributed by atoms with van der Waals surface area (Å²) >= 11 is 11.7. The summed E-state index contributed by atoms with van der Waals surface area (Å²) in [7, 11) is -2.21. The van der Waals surface area contributed by atoms with Crippen molar-refractivity contribution in [1.29, 1.82) is 0 Å². The lowest BCUT2D eigenvalue weighted by atomic mass is 10.1. The molecular weight excluding hydrogens is 437 g/mol. The van der Waals surface area contributed by atoms with Crippen LogP contribution >= 0.6 is 23.2 Å². The van der Waals surface area contributed by atoms with Crippen LogP contribution in [-0.4, -0.2) is 31.6 Å². The Morgan fingerprint density at radius 1 is 1.07 bits per heavy atom. The molecule has 0 bridgehead atoms. The van der Waals surface area contributed by atoms with E-state index in [1.54, 1.807) is 31.4 Å².